The number of hydrogen-bond donors (Lipinski definition) is 1. The van der Waals surface area contributed by atoms with Gasteiger partial charge < -0.3 is 14.8 Å². The summed E-state index contributed by atoms with van der Waals surface area (Å²) in [5.41, 5.74) is 0. The summed E-state index contributed by atoms with van der Waals surface area (Å²) in [6.45, 7) is 4.49. The van der Waals surface area contributed by atoms with Gasteiger partial charge in [0.25, 0.3) is 0 Å². The van der Waals surface area contributed by atoms with Crippen molar-refractivity contribution in [3.8, 4) is 11.5 Å². The van der Waals surface area contributed by atoms with E-state index >= 15 is 0 Å². The fraction of sp³-hybridized carbons (Fsp3) is 0.625. The van der Waals surface area contributed by atoms with Gasteiger partial charge in [-0.3, -0.25) is 0 Å². The Morgan fingerprint density at radius 3 is 2.63 bits per heavy atom. The van der Waals surface area contributed by atoms with Crippen LogP contribution < -0.4 is 14.8 Å². The molecule has 0 unspecified atom stereocenters. The highest BCUT2D eigenvalue weighted by Gasteiger charge is 2.13. The van der Waals surface area contributed by atoms with Crippen LogP contribution in [0.2, 0.25) is 0 Å². The Morgan fingerprint density at radius 2 is 1.89 bits per heavy atom. The van der Waals surface area contributed by atoms with Gasteiger partial charge in [-0.1, -0.05) is 18.9 Å². The summed E-state index contributed by atoms with van der Waals surface area (Å²) in [4.78, 5) is 0. The Kier molecular flexibility index (Phi) is 6.02. The fourth-order valence-corrected chi connectivity index (χ4v) is 2.52. The van der Waals surface area contributed by atoms with E-state index in [4.69, 9.17) is 9.47 Å². The number of rotatable bonds is 8. The quantitative estimate of drug-likeness (QED) is 0.729. The van der Waals surface area contributed by atoms with Gasteiger partial charge in [0.1, 0.15) is 11.5 Å². The standard InChI is InChI=1S/C16H25NO2/c1-2-18-15-9-5-10-16(13-15)19-12-6-11-17-14-7-3-4-8-14/h5,9-10,13-14,17H,2-4,6-8,11-12H2,1H3. The summed E-state index contributed by atoms with van der Waals surface area (Å²) in [6.07, 6.45) is 6.51. The van der Waals surface area contributed by atoms with Crippen molar-refractivity contribution in [3.05, 3.63) is 24.3 Å². The second-order valence-corrected chi connectivity index (χ2v) is 5.05. The monoisotopic (exact) mass is 263 g/mol. The second kappa shape index (κ2) is 8.05. The Labute approximate surface area is 116 Å². The van der Waals surface area contributed by atoms with Crippen LogP contribution in [0.4, 0.5) is 0 Å². The molecule has 3 heteroatoms. The first kappa shape index (κ1) is 14.2. The van der Waals surface area contributed by atoms with Crippen LogP contribution in [-0.4, -0.2) is 25.8 Å². The molecule has 0 spiro atoms. The molecular formula is C16H25NO2. The predicted molar refractivity (Wildman–Crippen MR) is 78.0 cm³/mol. The molecule has 0 atom stereocenters. The third-order valence-electron chi connectivity index (χ3n) is 3.49. The summed E-state index contributed by atoms with van der Waals surface area (Å²) in [6, 6.07) is 8.61. The molecular weight excluding hydrogens is 238 g/mol. The summed E-state index contributed by atoms with van der Waals surface area (Å²) >= 11 is 0. The Bertz CT molecular complexity index is 362. The zero-order valence-electron chi connectivity index (χ0n) is 11.9. The Balaban J connectivity index is 1.60. The molecule has 0 saturated heterocycles. The largest absolute Gasteiger partial charge is 0.494 e. The third kappa shape index (κ3) is 5.11. The molecule has 1 aliphatic carbocycles. The molecule has 3 nitrogen and oxygen atoms in total. The van der Waals surface area contributed by atoms with Gasteiger partial charge >= 0.3 is 0 Å². The topological polar surface area (TPSA) is 30.5 Å². The molecule has 19 heavy (non-hydrogen) atoms. The summed E-state index contributed by atoms with van der Waals surface area (Å²) in [5.74, 6) is 1.77. The highest BCUT2D eigenvalue weighted by atomic mass is 16.5. The first-order valence-electron chi connectivity index (χ1n) is 7.47. The van der Waals surface area contributed by atoms with E-state index in [0.29, 0.717) is 6.61 Å². The molecule has 1 N–H and O–H groups in total. The summed E-state index contributed by atoms with van der Waals surface area (Å²) in [5, 5.41) is 3.59. The molecule has 1 aromatic rings. The van der Waals surface area contributed by atoms with Gasteiger partial charge in [-0.05, 0) is 44.9 Å². The minimum Gasteiger partial charge on any atom is -0.494 e. The van der Waals surface area contributed by atoms with Crippen LogP contribution >= 0.6 is 0 Å². The summed E-state index contributed by atoms with van der Waals surface area (Å²) < 4.78 is 11.2. The van der Waals surface area contributed by atoms with Gasteiger partial charge in [0, 0.05) is 12.1 Å². The van der Waals surface area contributed by atoms with Gasteiger partial charge in [-0.2, -0.15) is 0 Å². The van der Waals surface area contributed by atoms with Crippen LogP contribution in [0.1, 0.15) is 39.0 Å². The SMILES string of the molecule is CCOc1cccc(OCCCNC2CCCC2)c1. The number of benzene rings is 1. The highest BCUT2D eigenvalue weighted by Crippen LogP contribution is 2.19. The van der Waals surface area contributed by atoms with Gasteiger partial charge in [-0.25, -0.2) is 0 Å². The maximum absolute atomic E-state index is 5.74. The van der Waals surface area contributed by atoms with Crippen molar-refractivity contribution in [2.24, 2.45) is 0 Å². The molecule has 0 radical (unpaired) electrons. The molecule has 0 bridgehead atoms. The van der Waals surface area contributed by atoms with Gasteiger partial charge in [0.05, 0.1) is 13.2 Å². The van der Waals surface area contributed by atoms with Crippen molar-refractivity contribution in [1.29, 1.82) is 0 Å². The molecule has 0 heterocycles. The third-order valence-corrected chi connectivity index (χ3v) is 3.49. The highest BCUT2D eigenvalue weighted by molar-refractivity contribution is 5.32. The van der Waals surface area contributed by atoms with Crippen LogP contribution in [-0.2, 0) is 0 Å². The smallest absolute Gasteiger partial charge is 0.122 e. The number of ether oxygens (including phenoxy) is 2. The van der Waals surface area contributed by atoms with Gasteiger partial charge in [-0.15, -0.1) is 0 Å². The van der Waals surface area contributed by atoms with Crippen LogP contribution in [0.15, 0.2) is 24.3 Å². The van der Waals surface area contributed by atoms with Gasteiger partial charge in [0.15, 0.2) is 0 Å². The average molecular weight is 263 g/mol. The maximum atomic E-state index is 5.74. The van der Waals surface area contributed by atoms with Crippen molar-refractivity contribution in [3.63, 3.8) is 0 Å². The molecule has 0 aromatic heterocycles. The van der Waals surface area contributed by atoms with Crippen LogP contribution in [0.25, 0.3) is 0 Å². The first-order chi connectivity index (χ1) is 9.38. The molecule has 1 aromatic carbocycles. The van der Waals surface area contributed by atoms with Crippen LogP contribution in [0.3, 0.4) is 0 Å². The van der Waals surface area contributed by atoms with E-state index in [1.54, 1.807) is 0 Å². The molecule has 1 aliphatic rings. The van der Waals surface area contributed by atoms with E-state index in [-0.39, 0.29) is 0 Å². The molecule has 1 fully saturated rings. The predicted octanol–water partition coefficient (Wildman–Crippen LogP) is 3.39. The van der Waals surface area contributed by atoms with Crippen molar-refractivity contribution in [1.82, 2.24) is 5.32 Å². The van der Waals surface area contributed by atoms with Crippen molar-refractivity contribution in [2.75, 3.05) is 19.8 Å². The van der Waals surface area contributed by atoms with Gasteiger partial charge in [0.2, 0.25) is 0 Å². The molecule has 1 saturated carbocycles. The van der Waals surface area contributed by atoms with Crippen molar-refractivity contribution < 1.29 is 9.47 Å². The maximum Gasteiger partial charge on any atom is 0.122 e. The second-order valence-electron chi connectivity index (χ2n) is 5.05. The first-order valence-corrected chi connectivity index (χ1v) is 7.47. The lowest BCUT2D eigenvalue weighted by Gasteiger charge is -2.12. The fourth-order valence-electron chi connectivity index (χ4n) is 2.52. The molecule has 0 aliphatic heterocycles. The zero-order chi connectivity index (χ0) is 13.3. The van der Waals surface area contributed by atoms with Crippen molar-refractivity contribution in [2.45, 2.75) is 45.1 Å². The van der Waals surface area contributed by atoms with Crippen LogP contribution in [0, 0.1) is 0 Å². The summed E-state index contributed by atoms with van der Waals surface area (Å²) in [7, 11) is 0. The molecule has 2 rings (SSSR count). The van der Waals surface area contributed by atoms with Crippen LogP contribution in [0.5, 0.6) is 11.5 Å². The van der Waals surface area contributed by atoms with E-state index in [9.17, 15) is 0 Å². The average Bonchev–Trinajstić information content (AvgIpc) is 2.92. The lowest BCUT2D eigenvalue weighted by molar-refractivity contribution is 0.299. The minimum absolute atomic E-state index is 0.689. The molecule has 106 valence electrons. The zero-order valence-corrected chi connectivity index (χ0v) is 11.9. The lowest BCUT2D eigenvalue weighted by Crippen LogP contribution is -2.27. The molecule has 0 amide bonds. The van der Waals surface area contributed by atoms with Crippen molar-refractivity contribution >= 4 is 0 Å². The van der Waals surface area contributed by atoms with E-state index in [1.807, 2.05) is 31.2 Å². The Hall–Kier alpha value is -1.22. The lowest BCUT2D eigenvalue weighted by atomic mass is 10.2. The van der Waals surface area contributed by atoms with E-state index in [2.05, 4.69) is 5.32 Å². The Morgan fingerprint density at radius 1 is 1.16 bits per heavy atom. The number of nitrogens with one attached hydrogen (secondary N) is 1. The van der Waals surface area contributed by atoms with E-state index in [0.717, 1.165) is 37.1 Å². The van der Waals surface area contributed by atoms with E-state index in [1.165, 1.54) is 25.7 Å². The minimum atomic E-state index is 0.689. The van der Waals surface area contributed by atoms with E-state index < -0.39 is 0 Å². The normalized spacial score (nSPS) is 15.6. The number of hydrogen-bond acceptors (Lipinski definition) is 3.